The average Bonchev–Trinajstić information content (AvgIpc) is 2.57. The monoisotopic (exact) mass is 273 g/mol. The first-order valence-corrected chi connectivity index (χ1v) is 5.86. The second-order valence-corrected chi connectivity index (χ2v) is 4.79. The molecule has 0 unspecified atom stereocenters. The minimum Gasteiger partial charge on any atom is -0.391 e. The minimum atomic E-state index is -0.354. The van der Waals surface area contributed by atoms with E-state index in [-0.39, 0.29) is 18.0 Å². The van der Waals surface area contributed by atoms with Gasteiger partial charge in [-0.2, -0.15) is 0 Å². The maximum Gasteiger partial charge on any atom is 0.147 e. The lowest BCUT2D eigenvalue weighted by Crippen LogP contribution is -2.28. The van der Waals surface area contributed by atoms with Gasteiger partial charge in [-0.25, -0.2) is 4.39 Å². The molecular formula is C11H13BrFNO. The van der Waals surface area contributed by atoms with Gasteiger partial charge in [0.25, 0.3) is 0 Å². The molecule has 1 saturated carbocycles. The SMILES string of the molecule is O[C@@H]1CCC[C@H]1Nc1ccc(Br)cc1F. The third kappa shape index (κ3) is 2.49. The predicted molar refractivity (Wildman–Crippen MR) is 61.4 cm³/mol. The number of halogens is 2. The van der Waals surface area contributed by atoms with Crippen molar-refractivity contribution in [2.75, 3.05) is 5.32 Å². The largest absolute Gasteiger partial charge is 0.391 e. The Balaban J connectivity index is 2.10. The summed E-state index contributed by atoms with van der Waals surface area (Å²) in [5.41, 5.74) is 0.462. The summed E-state index contributed by atoms with van der Waals surface area (Å²) in [4.78, 5) is 0. The van der Waals surface area contributed by atoms with Gasteiger partial charge in [0.15, 0.2) is 0 Å². The number of hydrogen-bond donors (Lipinski definition) is 2. The first-order valence-electron chi connectivity index (χ1n) is 5.06. The normalized spacial score (nSPS) is 25.5. The number of benzene rings is 1. The van der Waals surface area contributed by atoms with Crippen LogP contribution in [-0.4, -0.2) is 17.3 Å². The van der Waals surface area contributed by atoms with Crippen LogP contribution in [0.2, 0.25) is 0 Å². The van der Waals surface area contributed by atoms with Gasteiger partial charge in [-0.3, -0.25) is 0 Å². The van der Waals surface area contributed by atoms with Crippen molar-refractivity contribution in [2.24, 2.45) is 0 Å². The first-order chi connectivity index (χ1) is 7.16. The highest BCUT2D eigenvalue weighted by Gasteiger charge is 2.25. The Morgan fingerprint density at radius 3 is 2.80 bits per heavy atom. The number of aliphatic hydroxyl groups is 1. The molecule has 1 aromatic carbocycles. The lowest BCUT2D eigenvalue weighted by Gasteiger charge is -2.18. The Kier molecular flexibility index (Phi) is 3.26. The fraction of sp³-hybridized carbons (Fsp3) is 0.455. The van der Waals surface area contributed by atoms with Crippen LogP contribution >= 0.6 is 15.9 Å². The van der Waals surface area contributed by atoms with Gasteiger partial charge >= 0.3 is 0 Å². The van der Waals surface area contributed by atoms with Crippen molar-refractivity contribution >= 4 is 21.6 Å². The zero-order valence-corrected chi connectivity index (χ0v) is 9.80. The number of hydrogen-bond acceptors (Lipinski definition) is 2. The molecule has 0 aromatic heterocycles. The van der Waals surface area contributed by atoms with Crippen LogP contribution in [0.25, 0.3) is 0 Å². The third-order valence-corrected chi connectivity index (χ3v) is 3.24. The molecule has 0 radical (unpaired) electrons. The van der Waals surface area contributed by atoms with Gasteiger partial charge < -0.3 is 10.4 Å². The summed E-state index contributed by atoms with van der Waals surface area (Å²) in [5.74, 6) is -0.288. The molecule has 1 aliphatic rings. The predicted octanol–water partition coefficient (Wildman–Crippen LogP) is 2.91. The highest BCUT2D eigenvalue weighted by Crippen LogP contribution is 2.25. The number of anilines is 1. The summed E-state index contributed by atoms with van der Waals surface area (Å²) >= 11 is 3.20. The summed E-state index contributed by atoms with van der Waals surface area (Å²) in [6, 6.07) is 4.88. The van der Waals surface area contributed by atoms with E-state index in [1.54, 1.807) is 12.1 Å². The maximum absolute atomic E-state index is 13.5. The Labute approximate surface area is 96.6 Å². The highest BCUT2D eigenvalue weighted by atomic mass is 79.9. The van der Waals surface area contributed by atoms with Crippen molar-refractivity contribution < 1.29 is 9.50 Å². The number of aliphatic hydroxyl groups excluding tert-OH is 1. The first kappa shape index (κ1) is 10.9. The van der Waals surface area contributed by atoms with Crippen molar-refractivity contribution in [3.05, 3.63) is 28.5 Å². The average molecular weight is 274 g/mol. The summed E-state index contributed by atoms with van der Waals surface area (Å²) in [6.07, 6.45) is 2.34. The van der Waals surface area contributed by atoms with Gasteiger partial charge in [0.2, 0.25) is 0 Å². The van der Waals surface area contributed by atoms with Crippen molar-refractivity contribution in [3.8, 4) is 0 Å². The smallest absolute Gasteiger partial charge is 0.147 e. The molecule has 1 aromatic rings. The standard InChI is InChI=1S/C11H13BrFNO/c12-7-4-5-9(8(13)6-7)14-10-2-1-3-11(10)15/h4-6,10-11,14-15H,1-3H2/t10-,11-/m1/s1. The molecule has 0 saturated heterocycles. The van der Waals surface area contributed by atoms with Crippen molar-refractivity contribution in [3.63, 3.8) is 0 Å². The molecule has 4 heteroatoms. The van der Waals surface area contributed by atoms with Crippen LogP contribution < -0.4 is 5.32 Å². The van der Waals surface area contributed by atoms with E-state index in [0.29, 0.717) is 5.69 Å². The highest BCUT2D eigenvalue weighted by molar-refractivity contribution is 9.10. The van der Waals surface area contributed by atoms with Crippen molar-refractivity contribution in [1.82, 2.24) is 0 Å². The van der Waals surface area contributed by atoms with Crippen LogP contribution in [0.4, 0.5) is 10.1 Å². The second-order valence-electron chi connectivity index (χ2n) is 3.87. The van der Waals surface area contributed by atoms with Gasteiger partial charge in [0, 0.05) is 4.47 Å². The molecule has 0 heterocycles. The molecule has 0 spiro atoms. The van der Waals surface area contributed by atoms with Gasteiger partial charge in [-0.1, -0.05) is 15.9 Å². The van der Waals surface area contributed by atoms with Gasteiger partial charge in [0.1, 0.15) is 5.82 Å². The molecule has 2 atom stereocenters. The molecule has 1 aliphatic carbocycles. The Bertz CT molecular complexity index is 358. The maximum atomic E-state index is 13.5. The molecule has 0 aliphatic heterocycles. The number of nitrogens with one attached hydrogen (secondary N) is 1. The van der Waals surface area contributed by atoms with Crippen LogP contribution in [0, 0.1) is 5.82 Å². The minimum absolute atomic E-state index is 0.0133. The summed E-state index contributed by atoms with van der Waals surface area (Å²) in [6.45, 7) is 0. The van der Waals surface area contributed by atoms with Crippen molar-refractivity contribution in [1.29, 1.82) is 0 Å². The molecule has 1 fully saturated rings. The fourth-order valence-corrected chi connectivity index (χ4v) is 2.25. The van der Waals surface area contributed by atoms with Crippen molar-refractivity contribution in [2.45, 2.75) is 31.4 Å². The van der Waals surface area contributed by atoms with E-state index >= 15 is 0 Å². The molecule has 2 nitrogen and oxygen atoms in total. The van der Waals surface area contributed by atoms with E-state index in [9.17, 15) is 9.50 Å². The lowest BCUT2D eigenvalue weighted by atomic mass is 10.2. The van der Waals surface area contributed by atoms with Gasteiger partial charge in [-0.05, 0) is 37.5 Å². The number of rotatable bonds is 2. The molecule has 0 amide bonds. The zero-order valence-electron chi connectivity index (χ0n) is 8.21. The fourth-order valence-electron chi connectivity index (χ4n) is 1.92. The summed E-state index contributed by atoms with van der Waals surface area (Å²) in [5, 5.41) is 12.6. The molecular weight excluding hydrogens is 261 g/mol. The van der Waals surface area contributed by atoms with Crippen LogP contribution in [0.5, 0.6) is 0 Å². The van der Waals surface area contributed by atoms with E-state index in [4.69, 9.17) is 0 Å². The Hall–Kier alpha value is -0.610. The van der Waals surface area contributed by atoms with Crippen LogP contribution in [0.1, 0.15) is 19.3 Å². The zero-order chi connectivity index (χ0) is 10.8. The van der Waals surface area contributed by atoms with E-state index in [1.807, 2.05) is 0 Å². The second kappa shape index (κ2) is 4.49. The molecule has 82 valence electrons. The molecule has 15 heavy (non-hydrogen) atoms. The van der Waals surface area contributed by atoms with Crippen LogP contribution in [-0.2, 0) is 0 Å². The summed E-state index contributed by atoms with van der Waals surface area (Å²) in [7, 11) is 0. The van der Waals surface area contributed by atoms with Gasteiger partial charge in [-0.15, -0.1) is 0 Å². The van der Waals surface area contributed by atoms with E-state index < -0.39 is 0 Å². The van der Waals surface area contributed by atoms with Crippen LogP contribution in [0.3, 0.4) is 0 Å². The molecule has 2 rings (SSSR count). The third-order valence-electron chi connectivity index (χ3n) is 2.75. The van der Waals surface area contributed by atoms with Gasteiger partial charge in [0.05, 0.1) is 17.8 Å². The summed E-state index contributed by atoms with van der Waals surface area (Å²) < 4.78 is 14.2. The van der Waals surface area contributed by atoms with Crippen LogP contribution in [0.15, 0.2) is 22.7 Å². The Morgan fingerprint density at radius 2 is 2.20 bits per heavy atom. The quantitative estimate of drug-likeness (QED) is 0.869. The van der Waals surface area contributed by atoms with E-state index in [2.05, 4.69) is 21.2 Å². The Morgan fingerprint density at radius 1 is 1.40 bits per heavy atom. The topological polar surface area (TPSA) is 32.3 Å². The molecule has 0 bridgehead atoms. The lowest BCUT2D eigenvalue weighted by molar-refractivity contribution is 0.171. The van der Waals surface area contributed by atoms with E-state index in [1.165, 1.54) is 6.07 Å². The van der Waals surface area contributed by atoms with E-state index in [0.717, 1.165) is 23.7 Å². The molecule has 2 N–H and O–H groups in total.